The molecule has 0 spiro atoms. The van der Waals surface area contributed by atoms with Gasteiger partial charge in [0.05, 0.1) is 7.11 Å². The van der Waals surface area contributed by atoms with Crippen LogP contribution in [0.2, 0.25) is 0 Å². The van der Waals surface area contributed by atoms with Gasteiger partial charge in [-0.2, -0.15) is 0 Å². The number of rotatable bonds is 3. The van der Waals surface area contributed by atoms with Crippen molar-refractivity contribution in [2.45, 2.75) is 52.0 Å². The summed E-state index contributed by atoms with van der Waals surface area (Å²) >= 11 is 0. The Kier molecular flexibility index (Phi) is 3.77. The minimum absolute atomic E-state index is 0.0933. The van der Waals surface area contributed by atoms with Crippen LogP contribution in [-0.4, -0.2) is 25.2 Å². The lowest BCUT2D eigenvalue weighted by Crippen LogP contribution is -2.52. The fraction of sp³-hybridized carbons (Fsp3) is 0.917. The highest BCUT2D eigenvalue weighted by molar-refractivity contribution is 5.81. The third-order valence-electron chi connectivity index (χ3n) is 2.99. The van der Waals surface area contributed by atoms with Gasteiger partial charge in [-0.15, -0.1) is 0 Å². The summed E-state index contributed by atoms with van der Waals surface area (Å²) in [6.07, 6.45) is 4.06. The maximum Gasteiger partial charge on any atom is 0.326 e. The van der Waals surface area contributed by atoms with E-state index >= 15 is 0 Å². The third-order valence-corrected chi connectivity index (χ3v) is 2.99. The van der Waals surface area contributed by atoms with Gasteiger partial charge < -0.3 is 10.1 Å². The second-order valence-electron chi connectivity index (χ2n) is 5.70. The minimum Gasteiger partial charge on any atom is -0.468 e. The Morgan fingerprint density at radius 3 is 2.27 bits per heavy atom. The number of hydrogen-bond donors (Lipinski definition) is 1. The van der Waals surface area contributed by atoms with E-state index in [0.717, 1.165) is 32.2 Å². The molecule has 1 rings (SSSR count). The smallest absolute Gasteiger partial charge is 0.326 e. The van der Waals surface area contributed by atoms with Gasteiger partial charge in [-0.1, -0.05) is 33.6 Å². The molecule has 0 atom stereocenters. The average molecular weight is 213 g/mol. The summed E-state index contributed by atoms with van der Waals surface area (Å²) in [6.45, 7) is 7.35. The van der Waals surface area contributed by atoms with Crippen LogP contribution >= 0.6 is 0 Å². The first-order chi connectivity index (χ1) is 6.90. The Bertz CT molecular complexity index is 224. The molecule has 88 valence electrons. The van der Waals surface area contributed by atoms with E-state index in [4.69, 9.17) is 4.74 Å². The van der Waals surface area contributed by atoms with Crippen LogP contribution in [0.1, 0.15) is 46.5 Å². The Morgan fingerprint density at radius 2 is 1.87 bits per heavy atom. The summed E-state index contributed by atoms with van der Waals surface area (Å²) in [6, 6.07) is 0. The van der Waals surface area contributed by atoms with Gasteiger partial charge in [0.15, 0.2) is 0 Å². The molecular weight excluding hydrogens is 190 g/mol. The molecule has 0 saturated heterocycles. The van der Waals surface area contributed by atoms with Crippen LogP contribution in [0.5, 0.6) is 0 Å². The molecule has 0 radical (unpaired) electrons. The summed E-state index contributed by atoms with van der Waals surface area (Å²) in [5, 5.41) is 3.41. The SMILES string of the molecule is COC(=O)C1(NCC(C)(C)C)CCCC1. The standard InChI is InChI=1S/C12H23NO2/c1-11(2,3)9-13-12(10(14)15-4)7-5-6-8-12/h13H,5-9H2,1-4H3. The van der Waals surface area contributed by atoms with Gasteiger partial charge in [0, 0.05) is 6.54 Å². The molecule has 0 heterocycles. The zero-order chi connectivity index (χ0) is 11.5. The number of nitrogens with one attached hydrogen (secondary N) is 1. The number of esters is 1. The van der Waals surface area contributed by atoms with E-state index in [1.807, 2.05) is 0 Å². The monoisotopic (exact) mass is 213 g/mol. The number of methoxy groups -OCH3 is 1. The van der Waals surface area contributed by atoms with Crippen LogP contribution < -0.4 is 5.32 Å². The molecule has 0 amide bonds. The van der Waals surface area contributed by atoms with E-state index in [9.17, 15) is 4.79 Å². The first-order valence-corrected chi connectivity index (χ1v) is 5.73. The summed E-state index contributed by atoms with van der Waals surface area (Å²) in [7, 11) is 1.47. The lowest BCUT2D eigenvalue weighted by Gasteiger charge is -2.31. The number of carbonyl (C=O) groups is 1. The molecule has 1 aliphatic carbocycles. The zero-order valence-corrected chi connectivity index (χ0v) is 10.4. The predicted molar refractivity (Wildman–Crippen MR) is 60.7 cm³/mol. The zero-order valence-electron chi connectivity index (χ0n) is 10.4. The molecule has 3 heteroatoms. The van der Waals surface area contributed by atoms with Crippen LogP contribution in [0.4, 0.5) is 0 Å². The lowest BCUT2D eigenvalue weighted by atomic mass is 9.92. The molecule has 1 saturated carbocycles. The van der Waals surface area contributed by atoms with E-state index in [2.05, 4.69) is 26.1 Å². The molecule has 0 aliphatic heterocycles. The molecule has 0 bridgehead atoms. The number of carbonyl (C=O) groups excluding carboxylic acids is 1. The van der Waals surface area contributed by atoms with Crippen molar-refractivity contribution < 1.29 is 9.53 Å². The van der Waals surface area contributed by atoms with Crippen molar-refractivity contribution in [3.63, 3.8) is 0 Å². The molecule has 1 aliphatic rings. The van der Waals surface area contributed by atoms with Crippen molar-refractivity contribution in [2.75, 3.05) is 13.7 Å². The van der Waals surface area contributed by atoms with E-state index in [1.54, 1.807) is 0 Å². The summed E-state index contributed by atoms with van der Waals surface area (Å²) in [5.41, 5.74) is -0.203. The summed E-state index contributed by atoms with van der Waals surface area (Å²) in [5.74, 6) is -0.0933. The molecule has 0 unspecified atom stereocenters. The van der Waals surface area contributed by atoms with Crippen LogP contribution in [0.15, 0.2) is 0 Å². The normalized spacial score (nSPS) is 20.3. The molecular formula is C12H23NO2. The van der Waals surface area contributed by atoms with Crippen molar-refractivity contribution in [3.8, 4) is 0 Å². The fourth-order valence-electron chi connectivity index (χ4n) is 2.06. The van der Waals surface area contributed by atoms with Gasteiger partial charge in [0.2, 0.25) is 0 Å². The molecule has 0 aromatic rings. The number of ether oxygens (including phenoxy) is 1. The summed E-state index contributed by atoms with van der Waals surface area (Å²) < 4.78 is 4.90. The molecule has 3 nitrogen and oxygen atoms in total. The van der Waals surface area contributed by atoms with E-state index < -0.39 is 5.54 Å². The molecule has 15 heavy (non-hydrogen) atoms. The van der Waals surface area contributed by atoms with Gasteiger partial charge in [0.25, 0.3) is 0 Å². The second-order valence-corrected chi connectivity index (χ2v) is 5.70. The molecule has 0 aromatic carbocycles. The topological polar surface area (TPSA) is 38.3 Å². The Morgan fingerprint density at radius 1 is 1.33 bits per heavy atom. The first-order valence-electron chi connectivity index (χ1n) is 5.73. The van der Waals surface area contributed by atoms with Crippen LogP contribution in [0.3, 0.4) is 0 Å². The van der Waals surface area contributed by atoms with Gasteiger partial charge in [0.1, 0.15) is 5.54 Å². The van der Waals surface area contributed by atoms with Crippen molar-refractivity contribution in [2.24, 2.45) is 5.41 Å². The van der Waals surface area contributed by atoms with Crippen molar-refractivity contribution >= 4 is 5.97 Å². The number of hydrogen-bond acceptors (Lipinski definition) is 3. The molecule has 1 N–H and O–H groups in total. The maximum absolute atomic E-state index is 11.8. The predicted octanol–water partition coefficient (Wildman–Crippen LogP) is 2.11. The van der Waals surface area contributed by atoms with Crippen molar-refractivity contribution in [1.29, 1.82) is 0 Å². The largest absolute Gasteiger partial charge is 0.468 e. The quantitative estimate of drug-likeness (QED) is 0.730. The fourth-order valence-corrected chi connectivity index (χ4v) is 2.06. The first kappa shape index (κ1) is 12.5. The van der Waals surface area contributed by atoms with Gasteiger partial charge in [-0.05, 0) is 18.3 Å². The van der Waals surface area contributed by atoms with E-state index in [-0.39, 0.29) is 11.4 Å². The van der Waals surface area contributed by atoms with E-state index in [1.165, 1.54) is 7.11 Å². The summed E-state index contributed by atoms with van der Waals surface area (Å²) in [4.78, 5) is 11.8. The third kappa shape index (κ3) is 3.20. The van der Waals surface area contributed by atoms with Crippen molar-refractivity contribution in [3.05, 3.63) is 0 Å². The van der Waals surface area contributed by atoms with Crippen LogP contribution in [0.25, 0.3) is 0 Å². The highest BCUT2D eigenvalue weighted by atomic mass is 16.5. The van der Waals surface area contributed by atoms with E-state index in [0.29, 0.717) is 0 Å². The highest BCUT2D eigenvalue weighted by Crippen LogP contribution is 2.31. The Hall–Kier alpha value is -0.570. The Labute approximate surface area is 92.6 Å². The lowest BCUT2D eigenvalue weighted by molar-refractivity contribution is -0.148. The molecule has 1 fully saturated rings. The molecule has 0 aromatic heterocycles. The highest BCUT2D eigenvalue weighted by Gasteiger charge is 2.42. The second kappa shape index (κ2) is 4.52. The van der Waals surface area contributed by atoms with Gasteiger partial charge in [-0.25, -0.2) is 0 Å². The minimum atomic E-state index is -0.401. The van der Waals surface area contributed by atoms with Gasteiger partial charge in [-0.3, -0.25) is 4.79 Å². The Balaban J connectivity index is 2.62. The van der Waals surface area contributed by atoms with Crippen LogP contribution in [0, 0.1) is 5.41 Å². The van der Waals surface area contributed by atoms with Crippen LogP contribution in [-0.2, 0) is 9.53 Å². The average Bonchev–Trinajstić information content (AvgIpc) is 2.62. The van der Waals surface area contributed by atoms with Gasteiger partial charge >= 0.3 is 5.97 Å². The van der Waals surface area contributed by atoms with Crippen molar-refractivity contribution in [1.82, 2.24) is 5.32 Å². The maximum atomic E-state index is 11.8.